The number of aromatic nitrogens is 1. The van der Waals surface area contributed by atoms with E-state index in [0.717, 1.165) is 11.3 Å². The van der Waals surface area contributed by atoms with E-state index >= 15 is 0 Å². The lowest BCUT2D eigenvalue weighted by Crippen LogP contribution is -2.13. The van der Waals surface area contributed by atoms with E-state index in [1.54, 1.807) is 0 Å². The molecule has 0 bridgehead atoms. The molecule has 0 spiro atoms. The minimum absolute atomic E-state index is 0.0163. The molecular weight excluding hydrogens is 262 g/mol. The summed E-state index contributed by atoms with van der Waals surface area (Å²) in [5.41, 5.74) is 0.303. The molecule has 0 radical (unpaired) electrons. The monoisotopic (exact) mass is 277 g/mol. The molecule has 0 atom stereocenters. The van der Waals surface area contributed by atoms with Crippen LogP contribution < -0.4 is 10.5 Å². The van der Waals surface area contributed by atoms with Gasteiger partial charge in [0.25, 0.3) is 0 Å². The third kappa shape index (κ3) is 4.06. The number of aryl methyl sites for hydroxylation is 1. The van der Waals surface area contributed by atoms with Gasteiger partial charge in [-0.15, -0.1) is 0 Å². The first-order valence-corrected chi connectivity index (χ1v) is 7.36. The Bertz CT molecular complexity index is 520. The van der Waals surface area contributed by atoms with Crippen LogP contribution in [0.4, 0.5) is 5.13 Å². The zero-order valence-electron chi connectivity index (χ0n) is 9.85. The molecule has 6 nitrogen and oxygen atoms in total. The first-order valence-electron chi connectivity index (χ1n) is 5.00. The summed E-state index contributed by atoms with van der Waals surface area (Å²) < 4.78 is 22.3. The summed E-state index contributed by atoms with van der Waals surface area (Å²) in [6.07, 6.45) is 0.364. The van der Waals surface area contributed by atoms with E-state index in [2.05, 4.69) is 10.3 Å². The highest BCUT2D eigenvalue weighted by Gasteiger charge is 2.18. The van der Waals surface area contributed by atoms with Crippen molar-refractivity contribution < 1.29 is 13.2 Å². The van der Waals surface area contributed by atoms with Crippen LogP contribution in [0.1, 0.15) is 26.0 Å². The number of sulfonamides is 1. The predicted molar refractivity (Wildman–Crippen MR) is 66.3 cm³/mol. The molecule has 0 aromatic carbocycles. The first kappa shape index (κ1) is 14.1. The fourth-order valence-corrected chi connectivity index (χ4v) is 3.12. The maximum Gasteiger partial charge on any atom is 0.249 e. The van der Waals surface area contributed by atoms with E-state index in [-0.39, 0.29) is 21.2 Å². The second-order valence-corrected chi connectivity index (χ2v) is 6.84. The van der Waals surface area contributed by atoms with Crippen molar-refractivity contribution in [2.24, 2.45) is 11.1 Å². The molecule has 0 fully saturated rings. The van der Waals surface area contributed by atoms with E-state index in [9.17, 15) is 13.2 Å². The maximum atomic E-state index is 11.5. The van der Waals surface area contributed by atoms with Gasteiger partial charge in [0.15, 0.2) is 9.34 Å². The molecule has 0 aliphatic heterocycles. The molecule has 1 amide bonds. The Morgan fingerprint density at radius 3 is 2.53 bits per heavy atom. The van der Waals surface area contributed by atoms with Crippen molar-refractivity contribution in [3.8, 4) is 0 Å². The molecular formula is C9H15N3O3S2. The van der Waals surface area contributed by atoms with Crippen LogP contribution in [0.3, 0.4) is 0 Å². The van der Waals surface area contributed by atoms with Gasteiger partial charge in [-0.1, -0.05) is 25.2 Å². The lowest BCUT2D eigenvalue weighted by Gasteiger charge is -2.03. The van der Waals surface area contributed by atoms with E-state index < -0.39 is 10.0 Å². The average Bonchev–Trinajstić information content (AvgIpc) is 2.43. The molecule has 0 saturated carbocycles. The smallest absolute Gasteiger partial charge is 0.249 e. The van der Waals surface area contributed by atoms with Gasteiger partial charge in [0.2, 0.25) is 15.9 Å². The Hall–Kier alpha value is -0.990. The molecule has 1 rings (SSSR count). The number of nitrogens with one attached hydrogen (secondary N) is 1. The summed E-state index contributed by atoms with van der Waals surface area (Å²) in [4.78, 5) is 15.4. The van der Waals surface area contributed by atoms with Gasteiger partial charge in [-0.2, -0.15) is 0 Å². The van der Waals surface area contributed by atoms with Gasteiger partial charge in [0.05, 0.1) is 5.69 Å². The number of thiazole rings is 1. The molecule has 1 heterocycles. The number of primary sulfonamides is 1. The highest BCUT2D eigenvalue weighted by molar-refractivity contribution is 7.91. The van der Waals surface area contributed by atoms with Crippen molar-refractivity contribution in [3.63, 3.8) is 0 Å². The zero-order valence-corrected chi connectivity index (χ0v) is 11.5. The van der Waals surface area contributed by atoms with Gasteiger partial charge in [-0.05, 0) is 12.8 Å². The van der Waals surface area contributed by atoms with E-state index in [1.807, 2.05) is 13.8 Å². The minimum atomic E-state index is -3.77. The number of nitrogens with zero attached hydrogens (tertiary/aromatic N) is 1. The van der Waals surface area contributed by atoms with Gasteiger partial charge in [-0.3, -0.25) is 4.79 Å². The molecule has 17 heavy (non-hydrogen) atoms. The van der Waals surface area contributed by atoms with Crippen LogP contribution in [0.25, 0.3) is 0 Å². The molecule has 8 heteroatoms. The third-order valence-electron chi connectivity index (χ3n) is 1.85. The number of amides is 1. The summed E-state index contributed by atoms with van der Waals surface area (Å²) in [5, 5.41) is 7.83. The number of hydrogen-bond acceptors (Lipinski definition) is 5. The van der Waals surface area contributed by atoms with Crippen LogP contribution in [0, 0.1) is 12.8 Å². The SMILES string of the molecule is Cc1nc(NC(=O)CC(C)C)sc1S(N)(=O)=O. The van der Waals surface area contributed by atoms with Crippen LogP contribution in [0.15, 0.2) is 4.21 Å². The number of nitrogens with two attached hydrogens (primary N) is 1. The van der Waals surface area contributed by atoms with Gasteiger partial charge >= 0.3 is 0 Å². The highest BCUT2D eigenvalue weighted by atomic mass is 32.2. The van der Waals surface area contributed by atoms with Gasteiger partial charge in [0.1, 0.15) is 0 Å². The summed E-state index contributed by atoms with van der Waals surface area (Å²) in [6, 6.07) is 0. The van der Waals surface area contributed by atoms with Crippen molar-refractivity contribution in [3.05, 3.63) is 5.69 Å². The van der Waals surface area contributed by atoms with Crippen molar-refractivity contribution in [1.82, 2.24) is 4.98 Å². The van der Waals surface area contributed by atoms with Gasteiger partial charge in [-0.25, -0.2) is 18.5 Å². The van der Waals surface area contributed by atoms with Crippen LogP contribution >= 0.6 is 11.3 Å². The Balaban J connectivity index is 2.85. The second-order valence-electron chi connectivity index (χ2n) is 4.08. The lowest BCUT2D eigenvalue weighted by atomic mass is 10.1. The van der Waals surface area contributed by atoms with E-state index in [1.165, 1.54) is 6.92 Å². The van der Waals surface area contributed by atoms with Crippen molar-refractivity contribution >= 4 is 32.4 Å². The fourth-order valence-electron chi connectivity index (χ4n) is 1.24. The Morgan fingerprint density at radius 2 is 2.12 bits per heavy atom. The molecule has 1 aromatic rings. The summed E-state index contributed by atoms with van der Waals surface area (Å²) in [7, 11) is -3.77. The number of anilines is 1. The minimum Gasteiger partial charge on any atom is -0.302 e. The quantitative estimate of drug-likeness (QED) is 0.859. The highest BCUT2D eigenvalue weighted by Crippen LogP contribution is 2.26. The summed E-state index contributed by atoms with van der Waals surface area (Å²) in [5.74, 6) is 0.0449. The summed E-state index contributed by atoms with van der Waals surface area (Å²) >= 11 is 0.866. The van der Waals surface area contributed by atoms with Crippen molar-refractivity contribution in [2.75, 3.05) is 5.32 Å². The Morgan fingerprint density at radius 1 is 1.53 bits per heavy atom. The van der Waals surface area contributed by atoms with Crippen LogP contribution in [-0.2, 0) is 14.8 Å². The van der Waals surface area contributed by atoms with Gasteiger partial charge < -0.3 is 5.32 Å². The predicted octanol–water partition coefficient (Wildman–Crippen LogP) is 1.08. The molecule has 0 aliphatic rings. The number of carbonyl (C=O) groups excluding carboxylic acids is 1. The average molecular weight is 277 g/mol. The summed E-state index contributed by atoms with van der Waals surface area (Å²) in [6.45, 7) is 5.37. The maximum absolute atomic E-state index is 11.5. The van der Waals surface area contributed by atoms with Crippen LogP contribution in [0.2, 0.25) is 0 Å². The normalized spacial score (nSPS) is 11.8. The van der Waals surface area contributed by atoms with Crippen molar-refractivity contribution in [1.29, 1.82) is 0 Å². The Labute approximate surface area is 104 Å². The molecule has 0 unspecified atom stereocenters. The lowest BCUT2D eigenvalue weighted by molar-refractivity contribution is -0.116. The topological polar surface area (TPSA) is 102 Å². The molecule has 1 aromatic heterocycles. The molecule has 96 valence electrons. The molecule has 0 saturated heterocycles. The number of carbonyl (C=O) groups is 1. The fraction of sp³-hybridized carbons (Fsp3) is 0.556. The largest absolute Gasteiger partial charge is 0.302 e. The number of rotatable bonds is 4. The van der Waals surface area contributed by atoms with Crippen molar-refractivity contribution in [2.45, 2.75) is 31.4 Å². The standard InChI is InChI=1S/C9H15N3O3S2/c1-5(2)4-7(13)12-9-11-6(3)8(16-9)17(10,14)15/h5H,4H2,1-3H3,(H2,10,14,15)(H,11,12,13). The van der Waals surface area contributed by atoms with Crippen LogP contribution in [-0.4, -0.2) is 19.3 Å². The Kier molecular flexibility index (Phi) is 4.23. The number of hydrogen-bond donors (Lipinski definition) is 2. The van der Waals surface area contributed by atoms with Gasteiger partial charge in [0, 0.05) is 6.42 Å². The first-order chi connectivity index (χ1) is 7.70. The van der Waals surface area contributed by atoms with Crippen LogP contribution in [0.5, 0.6) is 0 Å². The van der Waals surface area contributed by atoms with E-state index in [4.69, 9.17) is 5.14 Å². The zero-order chi connectivity index (χ0) is 13.2. The molecule has 3 N–H and O–H groups in total. The third-order valence-corrected chi connectivity index (χ3v) is 4.48. The second kappa shape index (κ2) is 5.11. The molecule has 0 aliphatic carbocycles. The van der Waals surface area contributed by atoms with E-state index in [0.29, 0.717) is 12.1 Å².